The molecule has 6 nitrogen and oxygen atoms in total. The first-order valence-corrected chi connectivity index (χ1v) is 7.56. The molecule has 3 amide bonds. The zero-order chi connectivity index (χ0) is 17.4. The van der Waals surface area contributed by atoms with Gasteiger partial charge in [0.1, 0.15) is 5.92 Å². The maximum atomic E-state index is 12.6. The highest BCUT2D eigenvalue weighted by Gasteiger charge is 2.47. The lowest BCUT2D eigenvalue weighted by Gasteiger charge is -2.33. The van der Waals surface area contributed by atoms with E-state index >= 15 is 0 Å². The fraction of sp³-hybridized carbons (Fsp3) is 0.471. The Kier molecular flexibility index (Phi) is 4.20. The van der Waals surface area contributed by atoms with Gasteiger partial charge in [-0.3, -0.25) is 14.4 Å². The van der Waals surface area contributed by atoms with E-state index < -0.39 is 28.7 Å². The van der Waals surface area contributed by atoms with Crippen molar-refractivity contribution in [2.45, 2.75) is 40.2 Å². The Morgan fingerprint density at radius 3 is 1.78 bits per heavy atom. The number of carbonyl (C=O) groups is 3. The number of amides is 3. The molecule has 2 rings (SSSR count). The largest absolute Gasteiger partial charge is 0.351 e. The zero-order valence-electron chi connectivity index (χ0n) is 14.1. The highest BCUT2D eigenvalue weighted by Crippen LogP contribution is 2.34. The number of nitrogens with one attached hydrogen (secondary N) is 3. The second kappa shape index (κ2) is 5.68. The van der Waals surface area contributed by atoms with Crippen molar-refractivity contribution in [3.8, 4) is 0 Å². The molecule has 1 heterocycles. The third-order valence-corrected chi connectivity index (χ3v) is 3.76. The summed E-state index contributed by atoms with van der Waals surface area (Å²) < 4.78 is 0. The average molecular weight is 317 g/mol. The predicted molar refractivity (Wildman–Crippen MR) is 88.9 cm³/mol. The van der Waals surface area contributed by atoms with Crippen LogP contribution in [-0.2, 0) is 14.4 Å². The van der Waals surface area contributed by atoms with E-state index in [1.807, 2.05) is 20.8 Å². The van der Waals surface area contributed by atoms with E-state index in [1.165, 1.54) is 0 Å². The first-order valence-electron chi connectivity index (χ1n) is 7.56. The van der Waals surface area contributed by atoms with Crippen LogP contribution in [0.2, 0.25) is 0 Å². The van der Waals surface area contributed by atoms with Gasteiger partial charge in [0.15, 0.2) is 0 Å². The fourth-order valence-corrected chi connectivity index (χ4v) is 2.52. The Balaban J connectivity index is 2.34. The fourth-order valence-electron chi connectivity index (χ4n) is 2.52. The lowest BCUT2D eigenvalue weighted by molar-refractivity contribution is -0.144. The summed E-state index contributed by atoms with van der Waals surface area (Å²) in [5.41, 5.74) is -0.584. The van der Waals surface area contributed by atoms with Crippen LogP contribution in [0.4, 0.5) is 11.4 Å². The maximum Gasteiger partial charge on any atom is 0.238 e. The molecule has 1 aromatic carbocycles. The molecular formula is C17H23N3O3. The Labute approximate surface area is 136 Å². The van der Waals surface area contributed by atoms with Gasteiger partial charge in [-0.15, -0.1) is 0 Å². The van der Waals surface area contributed by atoms with Gasteiger partial charge < -0.3 is 16.0 Å². The summed E-state index contributed by atoms with van der Waals surface area (Å²) >= 11 is 0. The van der Waals surface area contributed by atoms with Crippen molar-refractivity contribution < 1.29 is 14.4 Å². The topological polar surface area (TPSA) is 87.3 Å². The minimum absolute atomic E-state index is 0.341. The normalized spacial score (nSPS) is 16.0. The number of anilines is 2. The minimum Gasteiger partial charge on any atom is -0.351 e. The van der Waals surface area contributed by atoms with Gasteiger partial charge >= 0.3 is 0 Å². The number of rotatable bonds is 2. The summed E-state index contributed by atoms with van der Waals surface area (Å²) in [5, 5.41) is 8.29. The van der Waals surface area contributed by atoms with Crippen LogP contribution in [0.1, 0.15) is 34.6 Å². The Morgan fingerprint density at radius 1 is 0.957 bits per heavy atom. The van der Waals surface area contributed by atoms with E-state index in [0.717, 1.165) is 0 Å². The van der Waals surface area contributed by atoms with Crippen LogP contribution in [0.3, 0.4) is 0 Å². The number of carbonyl (C=O) groups excluding carboxylic acids is 3. The minimum atomic E-state index is -1.19. The van der Waals surface area contributed by atoms with Crippen LogP contribution in [0.5, 0.6) is 0 Å². The molecule has 0 unspecified atom stereocenters. The van der Waals surface area contributed by atoms with Crippen molar-refractivity contribution in [2.75, 3.05) is 10.6 Å². The van der Waals surface area contributed by atoms with E-state index in [9.17, 15) is 14.4 Å². The molecule has 124 valence electrons. The van der Waals surface area contributed by atoms with Crippen LogP contribution < -0.4 is 16.0 Å². The van der Waals surface area contributed by atoms with Gasteiger partial charge in [0.2, 0.25) is 17.7 Å². The molecule has 0 aliphatic carbocycles. The first-order chi connectivity index (χ1) is 10.5. The molecule has 6 heteroatoms. The number of hydrogen-bond acceptors (Lipinski definition) is 3. The molecule has 3 N–H and O–H groups in total. The van der Waals surface area contributed by atoms with Gasteiger partial charge in [-0.25, -0.2) is 0 Å². The summed E-state index contributed by atoms with van der Waals surface area (Å²) in [6.07, 6.45) is 0. The second-order valence-electron chi connectivity index (χ2n) is 7.38. The number of hydrogen-bond donors (Lipinski definition) is 3. The number of para-hydroxylation sites is 2. The van der Waals surface area contributed by atoms with Crippen molar-refractivity contribution >= 4 is 29.1 Å². The molecule has 0 aromatic heterocycles. The molecule has 0 fully saturated rings. The molecule has 1 aliphatic rings. The Hall–Kier alpha value is -2.37. The summed E-state index contributed by atoms with van der Waals surface area (Å²) in [5.74, 6) is -2.44. The molecule has 0 spiro atoms. The van der Waals surface area contributed by atoms with Gasteiger partial charge in [-0.05, 0) is 46.8 Å². The van der Waals surface area contributed by atoms with Crippen LogP contribution >= 0.6 is 0 Å². The summed E-state index contributed by atoms with van der Waals surface area (Å²) in [6, 6.07) is 6.95. The zero-order valence-corrected chi connectivity index (χ0v) is 14.1. The SMILES string of the molecule is CC(C)(C)NC(=O)C(C)(C)C1C(=O)Nc2ccccc2NC1=O. The highest BCUT2D eigenvalue weighted by molar-refractivity contribution is 6.18. The molecule has 23 heavy (non-hydrogen) atoms. The van der Waals surface area contributed by atoms with E-state index in [2.05, 4.69) is 16.0 Å². The van der Waals surface area contributed by atoms with Gasteiger partial charge in [-0.2, -0.15) is 0 Å². The predicted octanol–water partition coefficient (Wildman–Crippen LogP) is 2.13. The third kappa shape index (κ3) is 3.52. The van der Waals surface area contributed by atoms with Crippen LogP contribution in [0, 0.1) is 11.3 Å². The van der Waals surface area contributed by atoms with Crippen LogP contribution in [0.25, 0.3) is 0 Å². The summed E-state index contributed by atoms with van der Waals surface area (Å²) in [4.78, 5) is 37.7. The quantitative estimate of drug-likeness (QED) is 0.730. The smallest absolute Gasteiger partial charge is 0.238 e. The van der Waals surface area contributed by atoms with Crippen molar-refractivity contribution in [3.63, 3.8) is 0 Å². The Morgan fingerprint density at radius 2 is 1.39 bits per heavy atom. The lowest BCUT2D eigenvalue weighted by atomic mass is 9.76. The molecule has 0 radical (unpaired) electrons. The lowest BCUT2D eigenvalue weighted by Crippen LogP contribution is -2.54. The average Bonchev–Trinajstić information content (AvgIpc) is 2.51. The third-order valence-electron chi connectivity index (χ3n) is 3.76. The molecule has 0 atom stereocenters. The highest BCUT2D eigenvalue weighted by atomic mass is 16.2. The van der Waals surface area contributed by atoms with Crippen LogP contribution in [-0.4, -0.2) is 23.3 Å². The molecule has 0 saturated carbocycles. The second-order valence-corrected chi connectivity index (χ2v) is 7.38. The van der Waals surface area contributed by atoms with Crippen LogP contribution in [0.15, 0.2) is 24.3 Å². The van der Waals surface area contributed by atoms with Crippen molar-refractivity contribution in [1.82, 2.24) is 5.32 Å². The van der Waals surface area contributed by atoms with Gasteiger partial charge in [0, 0.05) is 5.54 Å². The number of fused-ring (bicyclic) bond motifs is 1. The van der Waals surface area contributed by atoms with Crippen molar-refractivity contribution in [1.29, 1.82) is 0 Å². The first kappa shape index (κ1) is 17.0. The monoisotopic (exact) mass is 317 g/mol. The van der Waals surface area contributed by atoms with Gasteiger partial charge in [-0.1, -0.05) is 12.1 Å². The van der Waals surface area contributed by atoms with Crippen molar-refractivity contribution in [2.24, 2.45) is 11.3 Å². The number of benzene rings is 1. The summed E-state index contributed by atoms with van der Waals surface area (Å²) in [6.45, 7) is 8.76. The standard InChI is InChI=1S/C17H23N3O3/c1-16(2,3)20-15(23)17(4,5)12-13(21)18-10-8-6-7-9-11(10)19-14(12)22/h6-9,12H,1-5H3,(H,18,21)(H,19,22)(H,20,23). The van der Waals surface area contributed by atoms with E-state index in [1.54, 1.807) is 38.1 Å². The maximum absolute atomic E-state index is 12.6. The Bertz CT molecular complexity index is 622. The van der Waals surface area contributed by atoms with Gasteiger partial charge in [0.25, 0.3) is 0 Å². The van der Waals surface area contributed by atoms with E-state index in [0.29, 0.717) is 11.4 Å². The van der Waals surface area contributed by atoms with E-state index in [4.69, 9.17) is 0 Å². The molecule has 1 aliphatic heterocycles. The van der Waals surface area contributed by atoms with Gasteiger partial charge in [0.05, 0.1) is 16.8 Å². The molecule has 0 saturated heterocycles. The van der Waals surface area contributed by atoms with E-state index in [-0.39, 0.29) is 5.91 Å². The van der Waals surface area contributed by atoms with Crippen molar-refractivity contribution in [3.05, 3.63) is 24.3 Å². The summed E-state index contributed by atoms with van der Waals surface area (Å²) in [7, 11) is 0. The molecule has 0 bridgehead atoms. The molecule has 1 aromatic rings. The molecular weight excluding hydrogens is 294 g/mol.